The molecule has 0 aliphatic carbocycles. The zero-order valence-corrected chi connectivity index (χ0v) is 25.5. The summed E-state index contributed by atoms with van der Waals surface area (Å²) in [6.45, 7) is 0. The number of rotatable bonds is 4. The van der Waals surface area contributed by atoms with E-state index >= 15 is 0 Å². The van der Waals surface area contributed by atoms with Crippen LogP contribution in [0, 0.1) is 0 Å². The van der Waals surface area contributed by atoms with Crippen LogP contribution in [0.3, 0.4) is 0 Å². The lowest BCUT2D eigenvalue weighted by Crippen LogP contribution is -2.00. The maximum atomic E-state index is 6.67. The summed E-state index contributed by atoms with van der Waals surface area (Å²) in [5.41, 5.74) is 6.68. The van der Waals surface area contributed by atoms with Gasteiger partial charge in [-0.1, -0.05) is 103 Å². The molecule has 0 aliphatic rings. The molecule has 0 radical (unpaired) electrons. The first-order valence-corrected chi connectivity index (χ1v) is 15.8. The Balaban J connectivity index is 1.16. The zero-order valence-electron chi connectivity index (χ0n) is 25.5. The van der Waals surface area contributed by atoms with Gasteiger partial charge in [-0.15, -0.1) is 0 Å². The monoisotopic (exact) mass is 616 g/mol. The fourth-order valence-corrected chi connectivity index (χ4v) is 6.60. The minimum atomic E-state index is 0.575. The predicted octanol–water partition coefficient (Wildman–Crippen LogP) is 10.9. The highest BCUT2D eigenvalue weighted by atomic mass is 16.4. The van der Waals surface area contributed by atoms with Gasteiger partial charge >= 0.3 is 0 Å². The van der Waals surface area contributed by atoms with Gasteiger partial charge in [-0.3, -0.25) is 0 Å². The average Bonchev–Trinajstić information content (AvgIpc) is 3.78. The smallest absolute Gasteiger partial charge is 0.227 e. The van der Waals surface area contributed by atoms with E-state index in [1.165, 1.54) is 0 Å². The Hall–Kier alpha value is -6.66. The summed E-state index contributed by atoms with van der Waals surface area (Å²) in [6, 6.07) is 49.0. The fourth-order valence-electron chi connectivity index (χ4n) is 6.60. The van der Waals surface area contributed by atoms with Crippen molar-refractivity contribution in [2.75, 3.05) is 0 Å². The normalized spacial score (nSPS) is 11.8. The summed E-state index contributed by atoms with van der Waals surface area (Å²) < 4.78 is 12.8. The number of furan rings is 1. The lowest BCUT2D eigenvalue weighted by Gasteiger charge is -2.10. The first-order chi connectivity index (χ1) is 23.8. The van der Waals surface area contributed by atoms with E-state index < -0.39 is 0 Å². The Labute approximate surface area is 274 Å². The standard InChI is InChI=1S/C42H24N4O2/c1-4-10-26(11-5-1)39-44-40(27-12-6-2-7-13-27)46-41(45-39)29-17-16-25-18-19-31-30(34(25)24-29)20-21-32-33-22-23-35-36(38(33)48-37(31)32)43-42(47-35)28-14-8-3-9-15-28/h1-24H. The van der Waals surface area contributed by atoms with Crippen LogP contribution >= 0.6 is 0 Å². The molecule has 0 saturated heterocycles. The molecule has 3 aromatic heterocycles. The Morgan fingerprint density at radius 2 is 0.875 bits per heavy atom. The highest BCUT2D eigenvalue weighted by Gasteiger charge is 2.19. The molecule has 0 aliphatic heterocycles. The molecule has 48 heavy (non-hydrogen) atoms. The summed E-state index contributed by atoms with van der Waals surface area (Å²) in [5, 5.41) is 6.37. The van der Waals surface area contributed by atoms with Crippen molar-refractivity contribution in [1.82, 2.24) is 19.9 Å². The van der Waals surface area contributed by atoms with Crippen molar-refractivity contribution in [3.05, 3.63) is 146 Å². The van der Waals surface area contributed by atoms with Crippen molar-refractivity contribution in [2.24, 2.45) is 0 Å². The van der Waals surface area contributed by atoms with Crippen LogP contribution in [0.25, 0.3) is 100 Å². The van der Waals surface area contributed by atoms with Gasteiger partial charge in [0.2, 0.25) is 5.89 Å². The van der Waals surface area contributed by atoms with E-state index in [1.807, 2.05) is 97.1 Å². The van der Waals surface area contributed by atoms with Gasteiger partial charge < -0.3 is 8.83 Å². The van der Waals surface area contributed by atoms with E-state index in [2.05, 4.69) is 48.5 Å². The van der Waals surface area contributed by atoms with Gasteiger partial charge in [-0.2, -0.15) is 0 Å². The molecule has 0 unspecified atom stereocenters. The number of aromatic nitrogens is 4. The lowest BCUT2D eigenvalue weighted by atomic mass is 9.98. The topological polar surface area (TPSA) is 77.8 Å². The Kier molecular flexibility index (Phi) is 5.77. The van der Waals surface area contributed by atoms with E-state index in [-0.39, 0.29) is 0 Å². The molecule has 0 atom stereocenters. The Morgan fingerprint density at radius 3 is 1.56 bits per heavy atom. The third-order valence-corrected chi connectivity index (χ3v) is 8.96. The van der Waals surface area contributed by atoms with Gasteiger partial charge in [-0.25, -0.2) is 19.9 Å². The van der Waals surface area contributed by atoms with Crippen LogP contribution in [-0.2, 0) is 0 Å². The van der Waals surface area contributed by atoms with Gasteiger partial charge in [0, 0.05) is 38.4 Å². The van der Waals surface area contributed by atoms with E-state index in [4.69, 9.17) is 28.8 Å². The summed E-state index contributed by atoms with van der Waals surface area (Å²) in [4.78, 5) is 19.6. The second kappa shape index (κ2) is 10.4. The maximum Gasteiger partial charge on any atom is 0.227 e. The van der Waals surface area contributed by atoms with Crippen LogP contribution < -0.4 is 0 Å². The van der Waals surface area contributed by atoms with Crippen molar-refractivity contribution in [3.8, 4) is 45.6 Å². The Morgan fingerprint density at radius 1 is 0.354 bits per heavy atom. The molecule has 224 valence electrons. The van der Waals surface area contributed by atoms with Crippen molar-refractivity contribution < 1.29 is 8.83 Å². The average molecular weight is 617 g/mol. The zero-order chi connectivity index (χ0) is 31.6. The Bertz CT molecular complexity index is 2770. The highest BCUT2D eigenvalue weighted by Crippen LogP contribution is 2.40. The van der Waals surface area contributed by atoms with Gasteiger partial charge in [0.15, 0.2) is 34.2 Å². The number of fused-ring (bicyclic) bond motifs is 9. The van der Waals surface area contributed by atoms with Crippen LogP contribution in [0.5, 0.6) is 0 Å². The van der Waals surface area contributed by atoms with Crippen molar-refractivity contribution in [2.45, 2.75) is 0 Å². The molecule has 7 aromatic carbocycles. The van der Waals surface area contributed by atoms with Gasteiger partial charge in [-0.05, 0) is 58.6 Å². The number of benzene rings is 7. The molecule has 10 aromatic rings. The third-order valence-electron chi connectivity index (χ3n) is 8.96. The van der Waals surface area contributed by atoms with E-state index in [0.717, 1.165) is 71.3 Å². The third kappa shape index (κ3) is 4.20. The maximum absolute atomic E-state index is 6.67. The van der Waals surface area contributed by atoms with E-state index in [9.17, 15) is 0 Å². The van der Waals surface area contributed by atoms with Gasteiger partial charge in [0.05, 0.1) is 0 Å². The molecular formula is C42H24N4O2. The second-order valence-corrected chi connectivity index (χ2v) is 11.9. The fraction of sp³-hybridized carbons (Fsp3) is 0. The molecule has 6 nitrogen and oxygen atoms in total. The van der Waals surface area contributed by atoms with Crippen LogP contribution in [0.4, 0.5) is 0 Å². The summed E-state index contributed by atoms with van der Waals surface area (Å²) in [6.07, 6.45) is 0. The molecule has 0 spiro atoms. The highest BCUT2D eigenvalue weighted by molar-refractivity contribution is 6.23. The largest absolute Gasteiger partial charge is 0.453 e. The van der Waals surface area contributed by atoms with E-state index in [1.54, 1.807) is 0 Å². The van der Waals surface area contributed by atoms with Crippen molar-refractivity contribution >= 4 is 54.6 Å². The van der Waals surface area contributed by atoms with Crippen molar-refractivity contribution in [1.29, 1.82) is 0 Å². The summed E-state index contributed by atoms with van der Waals surface area (Å²) in [7, 11) is 0. The molecule has 0 amide bonds. The quantitative estimate of drug-likeness (QED) is 0.183. The number of oxazole rings is 1. The number of hydrogen-bond acceptors (Lipinski definition) is 6. The molecular weight excluding hydrogens is 592 g/mol. The summed E-state index contributed by atoms with van der Waals surface area (Å²) in [5.74, 6) is 2.47. The predicted molar refractivity (Wildman–Crippen MR) is 191 cm³/mol. The molecule has 0 fully saturated rings. The molecule has 6 heteroatoms. The van der Waals surface area contributed by atoms with Crippen LogP contribution in [0.1, 0.15) is 0 Å². The number of nitrogens with zero attached hydrogens (tertiary/aromatic N) is 4. The minimum absolute atomic E-state index is 0.575. The van der Waals surface area contributed by atoms with Crippen LogP contribution in [0.2, 0.25) is 0 Å². The molecule has 10 rings (SSSR count). The lowest BCUT2D eigenvalue weighted by molar-refractivity contribution is 0.620. The van der Waals surface area contributed by atoms with Crippen molar-refractivity contribution in [3.63, 3.8) is 0 Å². The minimum Gasteiger partial charge on any atom is -0.453 e. The first-order valence-electron chi connectivity index (χ1n) is 15.8. The van der Waals surface area contributed by atoms with Crippen LogP contribution in [0.15, 0.2) is 154 Å². The molecule has 0 bridgehead atoms. The molecule has 3 heterocycles. The van der Waals surface area contributed by atoms with Gasteiger partial charge in [0.25, 0.3) is 0 Å². The SMILES string of the molecule is c1ccc(-c2nc(-c3ccccc3)nc(-c3ccc4ccc5c(ccc6c7ccc8oc(-c9ccccc9)nc8c7oc56)c4c3)n2)cc1. The number of hydrogen-bond donors (Lipinski definition) is 0. The first kappa shape index (κ1) is 26.5. The van der Waals surface area contributed by atoms with Crippen LogP contribution in [-0.4, -0.2) is 19.9 Å². The second-order valence-electron chi connectivity index (χ2n) is 11.9. The molecule has 0 saturated carbocycles. The van der Waals surface area contributed by atoms with E-state index in [0.29, 0.717) is 28.9 Å². The molecule has 0 N–H and O–H groups in total. The van der Waals surface area contributed by atoms with Gasteiger partial charge in [0.1, 0.15) is 5.58 Å². The summed E-state index contributed by atoms with van der Waals surface area (Å²) >= 11 is 0.